The standard InChI is InChI=1S/C25H28N4O3/c1-18-22(15-26-28-18)20-11-13-29(14-12-20)25(31)24(30)27-23-10-6-5-9-21(23)17-32-16-19-7-3-2-4-8-19/h2-10,15,20H,11-14,16-17H2,1H3,(H,26,28)(H,27,30). The topological polar surface area (TPSA) is 87.3 Å². The number of aryl methyl sites for hydroxylation is 1. The van der Waals surface area contributed by atoms with Gasteiger partial charge in [-0.05, 0) is 42.9 Å². The first-order valence-electron chi connectivity index (χ1n) is 10.9. The van der Waals surface area contributed by atoms with E-state index in [0.29, 0.717) is 37.9 Å². The molecule has 0 bridgehead atoms. The number of carbonyl (C=O) groups is 2. The summed E-state index contributed by atoms with van der Waals surface area (Å²) in [7, 11) is 0. The molecule has 0 aliphatic carbocycles. The number of benzene rings is 2. The fourth-order valence-corrected chi connectivity index (χ4v) is 4.11. The predicted octanol–water partition coefficient (Wildman–Crippen LogP) is 3.78. The summed E-state index contributed by atoms with van der Waals surface area (Å²) in [4.78, 5) is 27.0. The molecule has 2 N–H and O–H groups in total. The molecule has 2 amide bonds. The lowest BCUT2D eigenvalue weighted by Gasteiger charge is -2.31. The second-order valence-corrected chi connectivity index (χ2v) is 8.11. The number of H-pyrrole nitrogens is 1. The molecule has 1 aromatic heterocycles. The summed E-state index contributed by atoms with van der Waals surface area (Å²) in [6.07, 6.45) is 3.51. The van der Waals surface area contributed by atoms with Gasteiger partial charge in [0.05, 0.1) is 19.4 Å². The maximum atomic E-state index is 12.7. The van der Waals surface area contributed by atoms with Crippen LogP contribution in [0, 0.1) is 6.92 Å². The number of aromatic nitrogens is 2. The number of amides is 2. The van der Waals surface area contributed by atoms with E-state index < -0.39 is 11.8 Å². The number of nitrogens with one attached hydrogen (secondary N) is 2. The van der Waals surface area contributed by atoms with Crippen molar-refractivity contribution in [3.8, 4) is 0 Å². The van der Waals surface area contributed by atoms with E-state index in [1.807, 2.05) is 61.7 Å². The fraction of sp³-hybridized carbons (Fsp3) is 0.320. The molecule has 1 fully saturated rings. The second-order valence-electron chi connectivity index (χ2n) is 8.11. The van der Waals surface area contributed by atoms with E-state index in [1.54, 1.807) is 11.0 Å². The highest BCUT2D eigenvalue weighted by molar-refractivity contribution is 6.39. The lowest BCUT2D eigenvalue weighted by molar-refractivity contribution is -0.143. The van der Waals surface area contributed by atoms with Crippen molar-refractivity contribution in [1.82, 2.24) is 15.1 Å². The van der Waals surface area contributed by atoms with Crippen molar-refractivity contribution in [2.24, 2.45) is 0 Å². The Hall–Kier alpha value is -3.45. The molecule has 32 heavy (non-hydrogen) atoms. The average Bonchev–Trinajstić information content (AvgIpc) is 3.26. The SMILES string of the molecule is Cc1[nH]ncc1C1CCN(C(=O)C(=O)Nc2ccccc2COCc2ccccc2)CC1. The number of likely N-dealkylation sites (tertiary alicyclic amines) is 1. The van der Waals surface area contributed by atoms with Gasteiger partial charge in [-0.2, -0.15) is 5.10 Å². The molecule has 0 unspecified atom stereocenters. The van der Waals surface area contributed by atoms with E-state index in [-0.39, 0.29) is 0 Å². The average molecular weight is 433 g/mol. The van der Waals surface area contributed by atoms with E-state index in [0.717, 1.165) is 29.7 Å². The van der Waals surface area contributed by atoms with Crippen LogP contribution in [0.3, 0.4) is 0 Å². The van der Waals surface area contributed by atoms with Crippen LogP contribution in [-0.4, -0.2) is 40.0 Å². The Kier molecular flexibility index (Phi) is 6.97. The number of hydrogen-bond acceptors (Lipinski definition) is 4. The van der Waals surface area contributed by atoms with Gasteiger partial charge in [0.1, 0.15) is 0 Å². The summed E-state index contributed by atoms with van der Waals surface area (Å²) >= 11 is 0. The van der Waals surface area contributed by atoms with Crippen LogP contribution < -0.4 is 5.32 Å². The summed E-state index contributed by atoms with van der Waals surface area (Å²) in [6.45, 7) is 3.95. The Bertz CT molecular complexity index is 1060. The van der Waals surface area contributed by atoms with Crippen LogP contribution in [0.25, 0.3) is 0 Å². The quantitative estimate of drug-likeness (QED) is 0.581. The van der Waals surface area contributed by atoms with Crippen LogP contribution in [0.5, 0.6) is 0 Å². The van der Waals surface area contributed by atoms with Crippen LogP contribution in [0.4, 0.5) is 5.69 Å². The first-order valence-corrected chi connectivity index (χ1v) is 10.9. The van der Waals surface area contributed by atoms with E-state index >= 15 is 0 Å². The second kappa shape index (κ2) is 10.2. The van der Waals surface area contributed by atoms with Crippen LogP contribution in [0.15, 0.2) is 60.8 Å². The molecule has 2 aromatic carbocycles. The molecule has 3 aromatic rings. The highest BCUT2D eigenvalue weighted by atomic mass is 16.5. The van der Waals surface area contributed by atoms with Gasteiger partial charge in [-0.3, -0.25) is 14.7 Å². The summed E-state index contributed by atoms with van der Waals surface area (Å²) < 4.78 is 5.81. The fourth-order valence-electron chi connectivity index (χ4n) is 4.11. The van der Waals surface area contributed by atoms with Crippen molar-refractivity contribution >= 4 is 17.5 Å². The number of piperidine rings is 1. The highest BCUT2D eigenvalue weighted by Crippen LogP contribution is 2.29. The number of aromatic amines is 1. The van der Waals surface area contributed by atoms with Crippen molar-refractivity contribution in [2.75, 3.05) is 18.4 Å². The van der Waals surface area contributed by atoms with Gasteiger partial charge in [0.15, 0.2) is 0 Å². The molecule has 7 heteroatoms. The lowest BCUT2D eigenvalue weighted by Crippen LogP contribution is -2.44. The first kappa shape index (κ1) is 21.8. The summed E-state index contributed by atoms with van der Waals surface area (Å²) in [5, 5.41) is 9.84. The Balaban J connectivity index is 1.31. The van der Waals surface area contributed by atoms with Crippen LogP contribution >= 0.6 is 0 Å². The highest BCUT2D eigenvalue weighted by Gasteiger charge is 2.29. The van der Waals surface area contributed by atoms with Crippen molar-refractivity contribution in [3.05, 3.63) is 83.2 Å². The zero-order valence-electron chi connectivity index (χ0n) is 18.2. The first-order chi connectivity index (χ1) is 15.6. The minimum Gasteiger partial charge on any atom is -0.372 e. The van der Waals surface area contributed by atoms with Crippen molar-refractivity contribution in [1.29, 1.82) is 0 Å². The molecule has 0 radical (unpaired) electrons. The molecule has 1 aliphatic heterocycles. The maximum absolute atomic E-state index is 12.7. The van der Waals surface area contributed by atoms with E-state index in [4.69, 9.17) is 4.74 Å². The molecular weight excluding hydrogens is 404 g/mol. The van der Waals surface area contributed by atoms with Crippen molar-refractivity contribution in [2.45, 2.75) is 38.9 Å². The summed E-state index contributed by atoms with van der Waals surface area (Å²) in [5.41, 5.74) is 4.78. The van der Waals surface area contributed by atoms with Crippen molar-refractivity contribution < 1.29 is 14.3 Å². The van der Waals surface area contributed by atoms with Gasteiger partial charge in [-0.15, -0.1) is 0 Å². The largest absolute Gasteiger partial charge is 0.372 e. The van der Waals surface area contributed by atoms with Gasteiger partial charge >= 0.3 is 11.8 Å². The zero-order chi connectivity index (χ0) is 22.3. The molecular formula is C25H28N4O3. The van der Waals surface area contributed by atoms with E-state index in [9.17, 15) is 9.59 Å². The van der Waals surface area contributed by atoms with E-state index in [2.05, 4.69) is 15.5 Å². The van der Waals surface area contributed by atoms with Crippen molar-refractivity contribution in [3.63, 3.8) is 0 Å². The Morgan fingerprint density at radius 3 is 2.50 bits per heavy atom. The smallest absolute Gasteiger partial charge is 0.313 e. The maximum Gasteiger partial charge on any atom is 0.313 e. The monoisotopic (exact) mass is 432 g/mol. The van der Waals surface area contributed by atoms with Gasteiger partial charge in [0.25, 0.3) is 0 Å². The number of ether oxygens (including phenoxy) is 1. The molecule has 0 saturated carbocycles. The number of hydrogen-bond donors (Lipinski definition) is 2. The number of anilines is 1. The number of nitrogens with zero attached hydrogens (tertiary/aromatic N) is 2. The minimum absolute atomic E-state index is 0.342. The predicted molar refractivity (Wildman–Crippen MR) is 122 cm³/mol. The molecule has 0 atom stereocenters. The third kappa shape index (κ3) is 5.23. The van der Waals surface area contributed by atoms with E-state index in [1.165, 1.54) is 5.56 Å². The molecule has 0 spiro atoms. The molecule has 7 nitrogen and oxygen atoms in total. The molecule has 4 rings (SSSR count). The molecule has 1 saturated heterocycles. The van der Waals surface area contributed by atoms with Gasteiger partial charge in [0, 0.05) is 30.0 Å². The van der Waals surface area contributed by atoms with Gasteiger partial charge in [-0.1, -0.05) is 48.5 Å². The van der Waals surface area contributed by atoms with Gasteiger partial charge in [-0.25, -0.2) is 0 Å². The van der Waals surface area contributed by atoms with Gasteiger partial charge in [0.2, 0.25) is 0 Å². The number of carbonyl (C=O) groups excluding carboxylic acids is 2. The number of para-hydroxylation sites is 1. The van der Waals surface area contributed by atoms with Crippen LogP contribution in [-0.2, 0) is 27.5 Å². The van der Waals surface area contributed by atoms with Crippen LogP contribution in [0.2, 0.25) is 0 Å². The molecule has 1 aliphatic rings. The normalized spacial score (nSPS) is 14.3. The van der Waals surface area contributed by atoms with Gasteiger partial charge < -0.3 is 15.0 Å². The lowest BCUT2D eigenvalue weighted by atomic mass is 9.90. The minimum atomic E-state index is -0.613. The summed E-state index contributed by atoms with van der Waals surface area (Å²) in [6, 6.07) is 17.3. The number of rotatable bonds is 6. The Morgan fingerprint density at radius 2 is 1.78 bits per heavy atom. The molecule has 166 valence electrons. The third-order valence-corrected chi connectivity index (χ3v) is 5.92. The summed E-state index contributed by atoms with van der Waals surface area (Å²) in [5.74, 6) is -0.742. The zero-order valence-corrected chi connectivity index (χ0v) is 18.2. The Labute approximate surface area is 187 Å². The Morgan fingerprint density at radius 1 is 1.06 bits per heavy atom. The third-order valence-electron chi connectivity index (χ3n) is 5.92. The van der Waals surface area contributed by atoms with Crippen LogP contribution in [0.1, 0.15) is 41.1 Å². The molecule has 2 heterocycles.